The SMILES string of the molecule is Cl.Cl.NC(=O)C1CCNC1. The zero-order valence-corrected chi connectivity index (χ0v) is 7.13. The summed E-state index contributed by atoms with van der Waals surface area (Å²) >= 11 is 0. The van der Waals surface area contributed by atoms with Crippen molar-refractivity contribution in [1.82, 2.24) is 5.32 Å². The minimum absolute atomic E-state index is 0. The molecule has 10 heavy (non-hydrogen) atoms. The average Bonchev–Trinajstić information content (AvgIpc) is 2.12. The molecular weight excluding hydrogens is 175 g/mol. The number of amides is 1. The molecule has 0 aromatic carbocycles. The first-order chi connectivity index (χ1) is 3.80. The van der Waals surface area contributed by atoms with Gasteiger partial charge >= 0.3 is 0 Å². The molecule has 5 heteroatoms. The molecule has 1 aliphatic rings. The minimum Gasteiger partial charge on any atom is -0.369 e. The quantitative estimate of drug-likeness (QED) is 0.603. The van der Waals surface area contributed by atoms with Crippen molar-refractivity contribution in [2.45, 2.75) is 6.42 Å². The summed E-state index contributed by atoms with van der Waals surface area (Å²) in [6, 6.07) is 0. The number of carbonyl (C=O) groups excluding carboxylic acids is 1. The van der Waals surface area contributed by atoms with Crippen LogP contribution in [0, 0.1) is 5.92 Å². The second kappa shape index (κ2) is 5.77. The summed E-state index contributed by atoms with van der Waals surface area (Å²) < 4.78 is 0. The Balaban J connectivity index is 0. The molecule has 0 spiro atoms. The number of hydrogen-bond acceptors (Lipinski definition) is 2. The fraction of sp³-hybridized carbons (Fsp3) is 0.800. The van der Waals surface area contributed by atoms with Gasteiger partial charge in [-0.05, 0) is 13.0 Å². The third-order valence-corrected chi connectivity index (χ3v) is 1.46. The zero-order chi connectivity index (χ0) is 5.98. The first-order valence-electron chi connectivity index (χ1n) is 2.81. The second-order valence-corrected chi connectivity index (χ2v) is 2.09. The normalized spacial score (nSPS) is 22.6. The molecule has 1 rings (SSSR count). The van der Waals surface area contributed by atoms with Gasteiger partial charge in [0.2, 0.25) is 5.91 Å². The zero-order valence-electron chi connectivity index (χ0n) is 5.50. The summed E-state index contributed by atoms with van der Waals surface area (Å²) in [6.45, 7) is 1.71. The van der Waals surface area contributed by atoms with Crippen molar-refractivity contribution >= 4 is 30.7 Å². The second-order valence-electron chi connectivity index (χ2n) is 2.09. The molecule has 1 unspecified atom stereocenters. The van der Waals surface area contributed by atoms with Crippen LogP contribution in [0.2, 0.25) is 0 Å². The van der Waals surface area contributed by atoms with Gasteiger partial charge in [-0.25, -0.2) is 0 Å². The number of carbonyl (C=O) groups is 1. The lowest BCUT2D eigenvalue weighted by atomic mass is 10.1. The average molecular weight is 187 g/mol. The molecular formula is C5H12Cl2N2O. The highest BCUT2D eigenvalue weighted by molar-refractivity contribution is 5.85. The maximum atomic E-state index is 10.4. The molecule has 1 heterocycles. The molecule has 3 nitrogen and oxygen atoms in total. The van der Waals surface area contributed by atoms with Gasteiger partial charge in [0.05, 0.1) is 5.92 Å². The van der Waals surface area contributed by atoms with Gasteiger partial charge in [-0.3, -0.25) is 4.79 Å². The number of primary amides is 1. The molecule has 1 aliphatic heterocycles. The van der Waals surface area contributed by atoms with E-state index < -0.39 is 0 Å². The van der Waals surface area contributed by atoms with E-state index in [1.165, 1.54) is 0 Å². The summed E-state index contributed by atoms with van der Waals surface area (Å²) in [4.78, 5) is 10.4. The lowest BCUT2D eigenvalue weighted by molar-refractivity contribution is -0.121. The number of rotatable bonds is 1. The topological polar surface area (TPSA) is 55.1 Å². The molecule has 1 fully saturated rings. The third-order valence-electron chi connectivity index (χ3n) is 1.46. The fourth-order valence-corrected chi connectivity index (χ4v) is 0.897. The summed E-state index contributed by atoms with van der Waals surface area (Å²) in [6.07, 6.45) is 0.912. The highest BCUT2D eigenvalue weighted by atomic mass is 35.5. The molecule has 0 bridgehead atoms. The highest BCUT2D eigenvalue weighted by Crippen LogP contribution is 2.04. The van der Waals surface area contributed by atoms with Crippen molar-refractivity contribution in [3.63, 3.8) is 0 Å². The van der Waals surface area contributed by atoms with Crippen LogP contribution in [0.5, 0.6) is 0 Å². The first kappa shape index (κ1) is 12.7. The Morgan fingerprint density at radius 1 is 1.50 bits per heavy atom. The molecule has 0 aliphatic carbocycles. The Bertz CT molecular complexity index is 104. The Morgan fingerprint density at radius 3 is 2.30 bits per heavy atom. The van der Waals surface area contributed by atoms with Gasteiger partial charge in [0, 0.05) is 6.54 Å². The van der Waals surface area contributed by atoms with Crippen molar-refractivity contribution in [3.05, 3.63) is 0 Å². The van der Waals surface area contributed by atoms with Gasteiger partial charge in [-0.1, -0.05) is 0 Å². The van der Waals surface area contributed by atoms with Crippen LogP contribution in [0.4, 0.5) is 0 Å². The van der Waals surface area contributed by atoms with Gasteiger partial charge in [0.1, 0.15) is 0 Å². The van der Waals surface area contributed by atoms with Crippen LogP contribution in [0.1, 0.15) is 6.42 Å². The number of nitrogens with one attached hydrogen (secondary N) is 1. The minimum atomic E-state index is -0.171. The van der Waals surface area contributed by atoms with Crippen molar-refractivity contribution < 1.29 is 4.79 Å². The number of hydrogen-bond donors (Lipinski definition) is 2. The highest BCUT2D eigenvalue weighted by Gasteiger charge is 2.18. The standard InChI is InChI=1S/C5H10N2O.2ClH/c6-5(8)4-1-2-7-3-4;;/h4,7H,1-3H2,(H2,6,8);2*1H. The van der Waals surface area contributed by atoms with E-state index >= 15 is 0 Å². The van der Waals surface area contributed by atoms with Crippen LogP contribution in [-0.2, 0) is 4.79 Å². The summed E-state index contributed by atoms with van der Waals surface area (Å²) in [5, 5.41) is 3.05. The van der Waals surface area contributed by atoms with E-state index in [9.17, 15) is 4.79 Å². The van der Waals surface area contributed by atoms with Crippen LogP contribution < -0.4 is 11.1 Å². The van der Waals surface area contributed by atoms with Gasteiger partial charge < -0.3 is 11.1 Å². The lowest BCUT2D eigenvalue weighted by Gasteiger charge is -1.98. The van der Waals surface area contributed by atoms with Gasteiger partial charge in [-0.15, -0.1) is 24.8 Å². The van der Waals surface area contributed by atoms with E-state index in [0.717, 1.165) is 19.5 Å². The number of nitrogens with two attached hydrogens (primary N) is 1. The fourth-order valence-electron chi connectivity index (χ4n) is 0.897. The van der Waals surface area contributed by atoms with Crippen molar-refractivity contribution in [1.29, 1.82) is 0 Å². The Kier molecular flexibility index (Phi) is 7.31. The van der Waals surface area contributed by atoms with Crippen LogP contribution in [0.15, 0.2) is 0 Å². The lowest BCUT2D eigenvalue weighted by Crippen LogP contribution is -2.24. The Labute approximate surface area is 72.6 Å². The summed E-state index contributed by atoms with van der Waals surface area (Å²) in [5.74, 6) is -0.0787. The van der Waals surface area contributed by atoms with Gasteiger partial charge in [0.15, 0.2) is 0 Å². The molecule has 0 saturated carbocycles. The molecule has 0 radical (unpaired) electrons. The smallest absolute Gasteiger partial charge is 0.221 e. The Hall–Kier alpha value is 0.01000. The maximum absolute atomic E-state index is 10.4. The largest absolute Gasteiger partial charge is 0.369 e. The predicted molar refractivity (Wildman–Crippen MR) is 44.7 cm³/mol. The monoisotopic (exact) mass is 186 g/mol. The molecule has 1 atom stereocenters. The van der Waals surface area contributed by atoms with Gasteiger partial charge in [0.25, 0.3) is 0 Å². The van der Waals surface area contributed by atoms with E-state index in [4.69, 9.17) is 5.73 Å². The molecule has 1 saturated heterocycles. The van der Waals surface area contributed by atoms with E-state index in [0.29, 0.717) is 0 Å². The third kappa shape index (κ3) is 3.25. The molecule has 3 N–H and O–H groups in total. The summed E-state index contributed by atoms with van der Waals surface area (Å²) in [7, 11) is 0. The molecule has 62 valence electrons. The van der Waals surface area contributed by atoms with Gasteiger partial charge in [-0.2, -0.15) is 0 Å². The van der Waals surface area contributed by atoms with Crippen LogP contribution in [0.3, 0.4) is 0 Å². The van der Waals surface area contributed by atoms with E-state index in [1.54, 1.807) is 0 Å². The van der Waals surface area contributed by atoms with Crippen LogP contribution in [0.25, 0.3) is 0 Å². The van der Waals surface area contributed by atoms with E-state index in [2.05, 4.69) is 5.32 Å². The molecule has 0 aromatic rings. The number of halogens is 2. The van der Waals surface area contributed by atoms with Crippen molar-refractivity contribution in [2.75, 3.05) is 13.1 Å². The molecule has 0 aromatic heterocycles. The first-order valence-corrected chi connectivity index (χ1v) is 2.81. The predicted octanol–water partition coefficient (Wildman–Crippen LogP) is -0.0752. The van der Waals surface area contributed by atoms with Crippen LogP contribution in [-0.4, -0.2) is 19.0 Å². The Morgan fingerprint density at radius 2 is 2.10 bits per heavy atom. The van der Waals surface area contributed by atoms with Crippen LogP contribution >= 0.6 is 24.8 Å². The molecule has 1 amide bonds. The summed E-state index contributed by atoms with van der Waals surface area (Å²) in [5.41, 5.74) is 5.02. The maximum Gasteiger partial charge on any atom is 0.221 e. The van der Waals surface area contributed by atoms with E-state index in [-0.39, 0.29) is 36.6 Å². The van der Waals surface area contributed by atoms with E-state index in [1.807, 2.05) is 0 Å². The van der Waals surface area contributed by atoms with Crippen molar-refractivity contribution in [2.24, 2.45) is 11.7 Å². The van der Waals surface area contributed by atoms with Crippen molar-refractivity contribution in [3.8, 4) is 0 Å².